The number of thiophene rings is 6. The lowest BCUT2D eigenvalue weighted by atomic mass is 9.95. The first kappa shape index (κ1) is 44.6. The molecule has 10 heteroatoms. The number of carbonyl (C=O) groups is 1. The lowest BCUT2D eigenvalue weighted by Crippen LogP contribution is -2.12. The summed E-state index contributed by atoms with van der Waals surface area (Å²) in [5.41, 5.74) is 2.78. The second-order valence-corrected chi connectivity index (χ2v) is 22.7. The second-order valence-electron chi connectivity index (χ2n) is 15.8. The van der Waals surface area contributed by atoms with Crippen LogP contribution < -0.4 is 0 Å². The summed E-state index contributed by atoms with van der Waals surface area (Å²) in [6.45, 7) is 18.0. The van der Waals surface area contributed by atoms with E-state index in [2.05, 4.69) is 77.9 Å². The number of rotatable bonds is 23. The topological polar surface area (TPSA) is 44.8 Å². The first-order chi connectivity index (χ1) is 28.8. The fraction of sp³-hybridized carbons (Fsp3) is 0.490. The molecule has 1 aromatic carbocycles. The molecule has 0 radical (unpaired) electrons. The van der Waals surface area contributed by atoms with Gasteiger partial charge in [-0.2, -0.15) is 0 Å². The highest BCUT2D eigenvalue weighted by Crippen LogP contribution is 2.55. The van der Waals surface area contributed by atoms with Crippen LogP contribution in [0, 0.1) is 25.7 Å². The van der Waals surface area contributed by atoms with E-state index in [1.54, 1.807) is 11.3 Å². The van der Waals surface area contributed by atoms with Crippen molar-refractivity contribution in [3.8, 4) is 30.6 Å². The summed E-state index contributed by atoms with van der Waals surface area (Å²) in [6, 6.07) is 16.6. The molecule has 0 aliphatic rings. The van der Waals surface area contributed by atoms with Crippen LogP contribution >= 0.6 is 68.0 Å². The standard InChI is InChI=1S/C49H60O4S6/c1-8-13-15-32(10-3)26-34-17-19-39(56-34)43-37-25-30(6)54-45(37)44(40-20-18-35(57-40)27-33(11-4)16-14-9-2)38-29-41(58-46(38)43)48-47-36(31(7)55-48)28-42(59-47)49(50)53-24-23-52-22-21-51-12-5/h17-20,25,28-29,32-33H,8-16,21-24,26-27H2,1-7H3. The van der Waals surface area contributed by atoms with Crippen molar-refractivity contribution in [2.75, 3.05) is 33.0 Å². The van der Waals surface area contributed by atoms with Gasteiger partial charge in [0.15, 0.2) is 0 Å². The number of aryl methyl sites for hydroxylation is 2. The molecule has 0 spiro atoms. The van der Waals surface area contributed by atoms with E-state index < -0.39 is 0 Å². The first-order valence-electron chi connectivity index (χ1n) is 21.8. The van der Waals surface area contributed by atoms with Gasteiger partial charge in [0.05, 0.1) is 29.4 Å². The Morgan fingerprint density at radius 2 is 1.19 bits per heavy atom. The van der Waals surface area contributed by atoms with Crippen molar-refractivity contribution in [1.82, 2.24) is 0 Å². The monoisotopic (exact) mass is 904 g/mol. The quantitative estimate of drug-likeness (QED) is 0.0474. The maximum absolute atomic E-state index is 13.3. The van der Waals surface area contributed by atoms with Gasteiger partial charge < -0.3 is 14.2 Å². The molecule has 7 aromatic rings. The molecule has 0 fully saturated rings. The predicted octanol–water partition coefficient (Wildman–Crippen LogP) is 16.9. The van der Waals surface area contributed by atoms with Crippen LogP contribution in [0.25, 0.3) is 60.9 Å². The number of hydrogen-bond donors (Lipinski definition) is 0. The van der Waals surface area contributed by atoms with E-state index in [1.807, 2.05) is 69.7 Å². The molecule has 0 bridgehead atoms. The van der Waals surface area contributed by atoms with E-state index >= 15 is 0 Å². The largest absolute Gasteiger partial charge is 0.459 e. The van der Waals surface area contributed by atoms with Crippen molar-refractivity contribution < 1.29 is 19.0 Å². The van der Waals surface area contributed by atoms with Crippen LogP contribution in [0.1, 0.15) is 115 Å². The maximum atomic E-state index is 13.3. The van der Waals surface area contributed by atoms with E-state index in [1.165, 1.54) is 126 Å². The molecular formula is C49H60O4S6. The van der Waals surface area contributed by atoms with Gasteiger partial charge >= 0.3 is 5.97 Å². The molecule has 2 unspecified atom stereocenters. The summed E-state index contributed by atoms with van der Waals surface area (Å²) in [7, 11) is 0. The maximum Gasteiger partial charge on any atom is 0.348 e. The lowest BCUT2D eigenvalue weighted by Gasteiger charge is -2.13. The summed E-state index contributed by atoms with van der Waals surface area (Å²) in [5.74, 6) is 1.19. The molecule has 0 aliphatic carbocycles. The fourth-order valence-corrected chi connectivity index (χ4v) is 15.6. The van der Waals surface area contributed by atoms with Crippen LogP contribution in [0.4, 0.5) is 0 Å². The molecule has 316 valence electrons. The zero-order chi connectivity index (χ0) is 41.5. The number of hydrogen-bond acceptors (Lipinski definition) is 10. The van der Waals surface area contributed by atoms with Gasteiger partial charge in [-0.1, -0.05) is 79.1 Å². The van der Waals surface area contributed by atoms with E-state index in [4.69, 9.17) is 14.2 Å². The van der Waals surface area contributed by atoms with Crippen LogP contribution in [0.15, 0.2) is 42.5 Å². The van der Waals surface area contributed by atoms with Gasteiger partial charge in [-0.25, -0.2) is 4.79 Å². The summed E-state index contributed by atoms with van der Waals surface area (Å²) in [5, 5.41) is 3.89. The Labute approximate surface area is 375 Å². The van der Waals surface area contributed by atoms with E-state index in [0.717, 1.165) is 30.1 Å². The average molecular weight is 905 g/mol. The minimum absolute atomic E-state index is 0.227. The zero-order valence-electron chi connectivity index (χ0n) is 35.9. The van der Waals surface area contributed by atoms with Crippen molar-refractivity contribution in [3.63, 3.8) is 0 Å². The van der Waals surface area contributed by atoms with Gasteiger partial charge in [-0.3, -0.25) is 0 Å². The van der Waals surface area contributed by atoms with Crippen molar-refractivity contribution >= 4 is 104 Å². The Morgan fingerprint density at radius 3 is 1.80 bits per heavy atom. The number of carbonyl (C=O) groups excluding carboxylic acids is 1. The Kier molecular flexibility index (Phi) is 16.0. The van der Waals surface area contributed by atoms with Gasteiger partial charge in [0.25, 0.3) is 0 Å². The number of esters is 1. The Bertz CT molecular complexity index is 2340. The van der Waals surface area contributed by atoms with Crippen molar-refractivity contribution in [3.05, 3.63) is 66.9 Å². The van der Waals surface area contributed by atoms with Gasteiger partial charge in [-0.15, -0.1) is 68.0 Å². The third kappa shape index (κ3) is 10.3. The SMILES string of the molecule is CCCCC(CC)Cc1ccc(-c2c3cc(-c4sc(C)c5cc(C(=O)OCCOCCOCC)sc45)sc3c(-c3ccc(CC(CC)CCCC)s3)c3cc(C)sc23)s1. The van der Waals surface area contributed by atoms with Crippen LogP contribution in [-0.4, -0.2) is 39.0 Å². The van der Waals surface area contributed by atoms with Crippen LogP contribution in [0.2, 0.25) is 0 Å². The molecule has 2 atom stereocenters. The molecule has 0 aliphatic heterocycles. The van der Waals surface area contributed by atoms with Gasteiger partial charge in [0.1, 0.15) is 11.5 Å². The molecule has 0 amide bonds. The summed E-state index contributed by atoms with van der Waals surface area (Å²) in [6.07, 6.45) is 12.5. The molecular weight excluding hydrogens is 845 g/mol. The van der Waals surface area contributed by atoms with Crippen LogP contribution in [-0.2, 0) is 27.1 Å². The average Bonchev–Trinajstić information content (AvgIpc) is 4.10. The smallest absolute Gasteiger partial charge is 0.348 e. The molecule has 0 saturated heterocycles. The van der Waals surface area contributed by atoms with E-state index in [0.29, 0.717) is 31.3 Å². The predicted molar refractivity (Wildman–Crippen MR) is 264 cm³/mol. The van der Waals surface area contributed by atoms with Gasteiger partial charge in [0.2, 0.25) is 0 Å². The Morgan fingerprint density at radius 1 is 0.593 bits per heavy atom. The van der Waals surface area contributed by atoms with Crippen molar-refractivity contribution in [2.45, 2.75) is 113 Å². The minimum atomic E-state index is -0.284. The molecule has 59 heavy (non-hydrogen) atoms. The zero-order valence-corrected chi connectivity index (χ0v) is 40.8. The third-order valence-corrected chi connectivity index (χ3v) is 18.5. The normalized spacial score (nSPS) is 13.1. The number of ether oxygens (including phenoxy) is 3. The van der Waals surface area contributed by atoms with Gasteiger partial charge in [-0.05, 0) is 87.9 Å². The van der Waals surface area contributed by atoms with E-state index in [9.17, 15) is 4.79 Å². The molecule has 6 heterocycles. The van der Waals surface area contributed by atoms with Crippen LogP contribution in [0.5, 0.6) is 0 Å². The number of fused-ring (bicyclic) bond motifs is 3. The highest BCUT2D eigenvalue weighted by molar-refractivity contribution is 7.32. The lowest BCUT2D eigenvalue weighted by molar-refractivity contribution is 0.0167. The highest BCUT2D eigenvalue weighted by atomic mass is 32.1. The number of benzene rings is 1. The second kappa shape index (κ2) is 21.1. The molecule has 0 N–H and O–H groups in total. The van der Waals surface area contributed by atoms with E-state index in [-0.39, 0.29) is 12.6 Å². The van der Waals surface area contributed by atoms with Crippen molar-refractivity contribution in [2.24, 2.45) is 11.8 Å². The molecule has 4 nitrogen and oxygen atoms in total. The molecule has 7 rings (SSSR count). The molecule has 0 saturated carbocycles. The highest BCUT2D eigenvalue weighted by Gasteiger charge is 2.26. The number of unbranched alkanes of at least 4 members (excludes halogenated alkanes) is 2. The minimum Gasteiger partial charge on any atom is -0.459 e. The fourth-order valence-electron chi connectivity index (χ4n) is 8.16. The molecule has 6 aromatic heterocycles. The first-order valence-corrected chi connectivity index (χ1v) is 26.7. The van der Waals surface area contributed by atoms with Crippen molar-refractivity contribution in [1.29, 1.82) is 0 Å². The summed E-state index contributed by atoms with van der Waals surface area (Å²) < 4.78 is 20.5. The summed E-state index contributed by atoms with van der Waals surface area (Å²) >= 11 is 11.3. The Balaban J connectivity index is 1.31. The van der Waals surface area contributed by atoms with Crippen LogP contribution in [0.3, 0.4) is 0 Å². The third-order valence-electron chi connectivity index (χ3n) is 11.5. The Hall–Kier alpha value is -2.41. The van der Waals surface area contributed by atoms with Gasteiger partial charge in [0, 0.05) is 77.4 Å². The summed E-state index contributed by atoms with van der Waals surface area (Å²) in [4.78, 5) is 24.8.